The highest BCUT2D eigenvalue weighted by molar-refractivity contribution is 5.76. The first-order valence-electron chi connectivity index (χ1n) is 6.20. The third-order valence-corrected chi connectivity index (χ3v) is 3.38. The minimum Gasteiger partial charge on any atom is -0.443 e. The van der Waals surface area contributed by atoms with Crippen molar-refractivity contribution in [2.45, 2.75) is 12.8 Å². The normalized spacial score (nSPS) is 17.4. The van der Waals surface area contributed by atoms with Crippen molar-refractivity contribution in [2.24, 2.45) is 5.92 Å². The highest BCUT2D eigenvalue weighted by Crippen LogP contribution is 2.19. The van der Waals surface area contributed by atoms with E-state index in [2.05, 4.69) is 21.7 Å². The second-order valence-electron chi connectivity index (χ2n) is 4.61. The van der Waals surface area contributed by atoms with Crippen LogP contribution in [0.25, 0.3) is 11.1 Å². The maximum Gasteiger partial charge on any atom is 0.181 e. The van der Waals surface area contributed by atoms with Gasteiger partial charge in [-0.3, -0.25) is 0 Å². The molecule has 0 saturated carbocycles. The quantitative estimate of drug-likeness (QED) is 0.850. The fraction of sp³-hybridized carbons (Fsp3) is 0.462. The summed E-state index contributed by atoms with van der Waals surface area (Å²) in [6.07, 6.45) is 4.01. The number of anilines is 1. The number of nitrogens with zero attached hydrogens (tertiary/aromatic N) is 1. The Balaban J connectivity index is 1.63. The number of hydrogen-bond donors (Lipinski definition) is 2. The largest absolute Gasteiger partial charge is 0.443 e. The van der Waals surface area contributed by atoms with Crippen molar-refractivity contribution in [3.8, 4) is 0 Å². The first-order chi connectivity index (χ1) is 8.42. The minimum atomic E-state index is 0.779. The Kier molecular flexibility index (Phi) is 2.96. The number of hydrogen-bond acceptors (Lipinski definition) is 4. The van der Waals surface area contributed by atoms with Gasteiger partial charge in [0.05, 0.1) is 0 Å². The first kappa shape index (κ1) is 10.6. The van der Waals surface area contributed by atoms with Crippen molar-refractivity contribution in [3.05, 3.63) is 24.6 Å². The van der Waals surface area contributed by atoms with Gasteiger partial charge >= 0.3 is 0 Å². The van der Waals surface area contributed by atoms with Crippen LogP contribution in [0.4, 0.5) is 5.69 Å². The van der Waals surface area contributed by atoms with Crippen molar-refractivity contribution >= 4 is 16.8 Å². The summed E-state index contributed by atoms with van der Waals surface area (Å²) in [7, 11) is 0. The number of benzene rings is 1. The molecule has 0 bridgehead atoms. The predicted octanol–water partition coefficient (Wildman–Crippen LogP) is 2.24. The van der Waals surface area contributed by atoms with Gasteiger partial charge in [-0.15, -0.1) is 0 Å². The van der Waals surface area contributed by atoms with Gasteiger partial charge in [-0.1, -0.05) is 0 Å². The van der Waals surface area contributed by atoms with Gasteiger partial charge in [0.2, 0.25) is 0 Å². The summed E-state index contributed by atoms with van der Waals surface area (Å²) in [6.45, 7) is 3.34. The Labute approximate surface area is 100 Å². The molecule has 0 amide bonds. The molecule has 17 heavy (non-hydrogen) atoms. The summed E-state index contributed by atoms with van der Waals surface area (Å²) in [5.74, 6) is 0.779. The van der Waals surface area contributed by atoms with Gasteiger partial charge in [0.25, 0.3) is 0 Å². The summed E-state index contributed by atoms with van der Waals surface area (Å²) >= 11 is 0. The van der Waals surface area contributed by atoms with E-state index in [9.17, 15) is 0 Å². The Morgan fingerprint density at radius 2 is 2.24 bits per heavy atom. The Morgan fingerprint density at radius 1 is 1.35 bits per heavy atom. The number of rotatable bonds is 3. The molecule has 1 saturated heterocycles. The molecule has 3 rings (SSSR count). The molecular formula is C13H17N3O. The van der Waals surface area contributed by atoms with Crippen LogP contribution in [0.3, 0.4) is 0 Å². The van der Waals surface area contributed by atoms with Crippen LogP contribution in [-0.2, 0) is 0 Å². The van der Waals surface area contributed by atoms with Gasteiger partial charge in [0.1, 0.15) is 5.52 Å². The van der Waals surface area contributed by atoms with Crippen LogP contribution in [0, 0.1) is 5.92 Å². The molecule has 0 radical (unpaired) electrons. The summed E-state index contributed by atoms with van der Waals surface area (Å²) in [5.41, 5.74) is 2.88. The molecule has 2 N–H and O–H groups in total. The molecular weight excluding hydrogens is 214 g/mol. The summed E-state index contributed by atoms with van der Waals surface area (Å²) in [6, 6.07) is 6.07. The van der Waals surface area contributed by atoms with Crippen molar-refractivity contribution in [2.75, 3.05) is 25.0 Å². The smallest absolute Gasteiger partial charge is 0.181 e. The molecule has 0 atom stereocenters. The number of fused-ring (bicyclic) bond motifs is 1. The summed E-state index contributed by atoms with van der Waals surface area (Å²) < 4.78 is 5.29. The number of oxazole rings is 1. The molecule has 4 nitrogen and oxygen atoms in total. The Bertz CT molecular complexity index is 488. The lowest BCUT2D eigenvalue weighted by Crippen LogP contribution is -2.31. The van der Waals surface area contributed by atoms with Crippen LogP contribution < -0.4 is 10.6 Å². The first-order valence-corrected chi connectivity index (χ1v) is 6.20. The molecule has 1 aromatic heterocycles. The Morgan fingerprint density at radius 3 is 3.12 bits per heavy atom. The molecule has 1 aliphatic heterocycles. The second kappa shape index (κ2) is 4.75. The lowest BCUT2D eigenvalue weighted by molar-refractivity contribution is 0.390. The van der Waals surface area contributed by atoms with E-state index in [1.165, 1.54) is 19.2 Å². The van der Waals surface area contributed by atoms with E-state index in [0.717, 1.165) is 42.3 Å². The van der Waals surface area contributed by atoms with Gasteiger partial charge in [-0.05, 0) is 44.0 Å². The van der Waals surface area contributed by atoms with E-state index in [0.29, 0.717) is 0 Å². The minimum absolute atomic E-state index is 0.779. The fourth-order valence-corrected chi connectivity index (χ4v) is 2.31. The van der Waals surface area contributed by atoms with Crippen molar-refractivity contribution < 1.29 is 4.42 Å². The van der Waals surface area contributed by atoms with Crippen molar-refractivity contribution in [1.29, 1.82) is 0 Å². The number of piperidine rings is 1. The van der Waals surface area contributed by atoms with Gasteiger partial charge in [0.15, 0.2) is 12.0 Å². The molecule has 0 unspecified atom stereocenters. The topological polar surface area (TPSA) is 50.1 Å². The third-order valence-electron chi connectivity index (χ3n) is 3.38. The van der Waals surface area contributed by atoms with Crippen LogP contribution in [0.15, 0.2) is 29.0 Å². The molecule has 2 heterocycles. The van der Waals surface area contributed by atoms with E-state index >= 15 is 0 Å². The van der Waals surface area contributed by atoms with Crippen LogP contribution in [0.1, 0.15) is 12.8 Å². The maximum absolute atomic E-state index is 5.29. The van der Waals surface area contributed by atoms with Crippen LogP contribution in [0.2, 0.25) is 0 Å². The SMILES string of the molecule is c1nc2ccc(NCC3CCNCC3)cc2o1. The average Bonchev–Trinajstić information content (AvgIpc) is 2.85. The van der Waals surface area contributed by atoms with Gasteiger partial charge in [-0.2, -0.15) is 0 Å². The summed E-state index contributed by atoms with van der Waals surface area (Å²) in [4.78, 5) is 4.11. The van der Waals surface area contributed by atoms with Crippen LogP contribution in [-0.4, -0.2) is 24.6 Å². The van der Waals surface area contributed by atoms with E-state index < -0.39 is 0 Å². The maximum atomic E-state index is 5.29. The van der Waals surface area contributed by atoms with Crippen LogP contribution >= 0.6 is 0 Å². The number of nitrogens with one attached hydrogen (secondary N) is 2. The van der Waals surface area contributed by atoms with Crippen molar-refractivity contribution in [1.82, 2.24) is 10.3 Å². The molecule has 0 aliphatic carbocycles. The standard InChI is InChI=1S/C13H17N3O/c1-2-12-13(17-9-16-12)7-11(1)15-8-10-3-5-14-6-4-10/h1-2,7,9-10,14-15H,3-6,8H2. The summed E-state index contributed by atoms with van der Waals surface area (Å²) in [5, 5.41) is 6.86. The Hall–Kier alpha value is -1.55. The van der Waals surface area contributed by atoms with E-state index in [1.54, 1.807) is 0 Å². The van der Waals surface area contributed by atoms with Gasteiger partial charge in [0, 0.05) is 18.3 Å². The monoisotopic (exact) mass is 231 g/mol. The van der Waals surface area contributed by atoms with Gasteiger partial charge in [-0.25, -0.2) is 4.98 Å². The molecule has 1 aromatic carbocycles. The molecule has 4 heteroatoms. The lowest BCUT2D eigenvalue weighted by Gasteiger charge is -2.23. The predicted molar refractivity (Wildman–Crippen MR) is 68.1 cm³/mol. The van der Waals surface area contributed by atoms with E-state index in [1.807, 2.05) is 12.1 Å². The zero-order chi connectivity index (χ0) is 11.5. The highest BCUT2D eigenvalue weighted by Gasteiger charge is 2.12. The third kappa shape index (κ3) is 2.42. The van der Waals surface area contributed by atoms with E-state index in [-0.39, 0.29) is 0 Å². The van der Waals surface area contributed by atoms with Gasteiger partial charge < -0.3 is 15.1 Å². The lowest BCUT2D eigenvalue weighted by atomic mass is 9.98. The molecule has 2 aromatic rings. The highest BCUT2D eigenvalue weighted by atomic mass is 16.3. The molecule has 1 aliphatic rings. The fourth-order valence-electron chi connectivity index (χ4n) is 2.31. The van der Waals surface area contributed by atoms with Crippen molar-refractivity contribution in [3.63, 3.8) is 0 Å². The van der Waals surface area contributed by atoms with Crippen LogP contribution in [0.5, 0.6) is 0 Å². The molecule has 0 spiro atoms. The second-order valence-corrected chi connectivity index (χ2v) is 4.61. The number of aromatic nitrogens is 1. The van der Waals surface area contributed by atoms with E-state index in [4.69, 9.17) is 4.42 Å². The molecule has 1 fully saturated rings. The average molecular weight is 231 g/mol. The zero-order valence-corrected chi connectivity index (χ0v) is 9.78. The molecule has 90 valence electrons. The zero-order valence-electron chi connectivity index (χ0n) is 9.78.